The van der Waals surface area contributed by atoms with Crippen molar-refractivity contribution < 1.29 is 19.4 Å². The number of rotatable bonds is 8. The van der Waals surface area contributed by atoms with Crippen LogP contribution < -0.4 is 0 Å². The Labute approximate surface area is 123 Å². The largest absolute Gasteiger partial charge is 0.395 e. The molecule has 0 radical (unpaired) electrons. The van der Waals surface area contributed by atoms with E-state index in [0.717, 1.165) is 0 Å². The second-order valence-electron chi connectivity index (χ2n) is 4.95. The van der Waals surface area contributed by atoms with Crippen LogP contribution in [-0.2, 0) is 4.74 Å². The lowest BCUT2D eigenvalue weighted by Gasteiger charge is -2.16. The number of amides is 2. The molecule has 0 aliphatic carbocycles. The zero-order valence-corrected chi connectivity index (χ0v) is 12.1. The van der Waals surface area contributed by atoms with Crippen LogP contribution >= 0.6 is 0 Å². The molecular weight excluding hydrogens is 272 g/mol. The second-order valence-corrected chi connectivity index (χ2v) is 4.95. The number of nitrogens with zero attached hydrogens (tertiary/aromatic N) is 2. The highest BCUT2D eigenvalue weighted by atomic mass is 16.5. The Hall–Kier alpha value is -1.76. The smallest absolute Gasteiger partial charge is 0.261 e. The van der Waals surface area contributed by atoms with Gasteiger partial charge in [0.05, 0.1) is 37.5 Å². The summed E-state index contributed by atoms with van der Waals surface area (Å²) in [6, 6.07) is 6.84. The number of carbonyl (C=O) groups is 2. The van der Waals surface area contributed by atoms with E-state index in [0.29, 0.717) is 37.4 Å². The molecular formula is C15H20N2O4. The molecule has 0 atom stereocenters. The predicted octanol–water partition coefficient (Wildman–Crippen LogP) is 0.223. The molecule has 0 unspecified atom stereocenters. The fourth-order valence-corrected chi connectivity index (χ4v) is 2.20. The molecule has 1 aliphatic heterocycles. The van der Waals surface area contributed by atoms with E-state index in [1.54, 1.807) is 24.3 Å². The summed E-state index contributed by atoms with van der Waals surface area (Å²) < 4.78 is 5.44. The third kappa shape index (κ3) is 3.66. The fourth-order valence-electron chi connectivity index (χ4n) is 2.20. The molecule has 2 rings (SSSR count). The molecule has 1 aliphatic rings. The van der Waals surface area contributed by atoms with Crippen LogP contribution in [0.3, 0.4) is 0 Å². The van der Waals surface area contributed by atoms with Gasteiger partial charge in [-0.25, -0.2) is 0 Å². The molecule has 1 aromatic carbocycles. The van der Waals surface area contributed by atoms with Crippen LogP contribution in [0.4, 0.5) is 0 Å². The number of aliphatic hydroxyl groups is 1. The third-order valence-electron chi connectivity index (χ3n) is 3.44. The number of likely N-dealkylation sites (N-methyl/N-ethyl adjacent to an activating group) is 1. The predicted molar refractivity (Wildman–Crippen MR) is 77.2 cm³/mol. The van der Waals surface area contributed by atoms with Crippen LogP contribution in [0, 0.1) is 0 Å². The van der Waals surface area contributed by atoms with Crippen molar-refractivity contribution in [3.63, 3.8) is 0 Å². The zero-order valence-electron chi connectivity index (χ0n) is 12.1. The summed E-state index contributed by atoms with van der Waals surface area (Å²) in [6.07, 6.45) is 0. The summed E-state index contributed by atoms with van der Waals surface area (Å²) in [4.78, 5) is 27.3. The first-order valence-corrected chi connectivity index (χ1v) is 6.97. The van der Waals surface area contributed by atoms with Crippen LogP contribution in [0.1, 0.15) is 20.7 Å². The molecule has 1 heterocycles. The maximum Gasteiger partial charge on any atom is 0.261 e. The van der Waals surface area contributed by atoms with Crippen molar-refractivity contribution in [1.82, 2.24) is 9.80 Å². The van der Waals surface area contributed by atoms with E-state index in [-0.39, 0.29) is 25.0 Å². The van der Waals surface area contributed by atoms with Crippen LogP contribution in [0.15, 0.2) is 24.3 Å². The van der Waals surface area contributed by atoms with Gasteiger partial charge in [-0.1, -0.05) is 12.1 Å². The summed E-state index contributed by atoms with van der Waals surface area (Å²) in [5.41, 5.74) is 0.926. The van der Waals surface area contributed by atoms with Crippen LogP contribution in [-0.4, -0.2) is 73.2 Å². The van der Waals surface area contributed by atoms with Crippen molar-refractivity contribution in [3.8, 4) is 0 Å². The minimum absolute atomic E-state index is 0.117. The summed E-state index contributed by atoms with van der Waals surface area (Å²) in [5, 5.41) is 8.76. The summed E-state index contributed by atoms with van der Waals surface area (Å²) in [5.74, 6) is -0.506. The van der Waals surface area contributed by atoms with Gasteiger partial charge in [0, 0.05) is 13.1 Å². The molecule has 114 valence electrons. The highest BCUT2D eigenvalue weighted by molar-refractivity contribution is 6.21. The van der Waals surface area contributed by atoms with Gasteiger partial charge >= 0.3 is 0 Å². The molecule has 1 N–H and O–H groups in total. The monoisotopic (exact) mass is 292 g/mol. The molecule has 0 saturated carbocycles. The molecule has 21 heavy (non-hydrogen) atoms. The molecule has 0 saturated heterocycles. The third-order valence-corrected chi connectivity index (χ3v) is 3.44. The molecule has 2 amide bonds. The van der Waals surface area contributed by atoms with Gasteiger partial charge in [-0.05, 0) is 19.2 Å². The molecule has 0 fully saturated rings. The van der Waals surface area contributed by atoms with E-state index in [9.17, 15) is 9.59 Å². The summed E-state index contributed by atoms with van der Waals surface area (Å²) >= 11 is 0. The Balaban J connectivity index is 1.76. The Bertz CT molecular complexity index is 483. The first kappa shape index (κ1) is 15.6. The minimum Gasteiger partial charge on any atom is -0.395 e. The van der Waals surface area contributed by atoms with Crippen LogP contribution in [0.2, 0.25) is 0 Å². The number of hydrogen-bond donors (Lipinski definition) is 1. The molecule has 1 aromatic rings. The van der Waals surface area contributed by atoms with Crippen molar-refractivity contribution in [2.24, 2.45) is 0 Å². The van der Waals surface area contributed by atoms with Crippen molar-refractivity contribution in [2.75, 3.05) is 46.5 Å². The lowest BCUT2D eigenvalue weighted by Crippen LogP contribution is -2.33. The van der Waals surface area contributed by atoms with Gasteiger partial charge in [-0.3, -0.25) is 14.5 Å². The van der Waals surface area contributed by atoms with Gasteiger partial charge in [0.1, 0.15) is 0 Å². The van der Waals surface area contributed by atoms with E-state index in [1.165, 1.54) is 4.90 Å². The van der Waals surface area contributed by atoms with Gasteiger partial charge in [0.2, 0.25) is 0 Å². The highest BCUT2D eigenvalue weighted by Gasteiger charge is 2.34. The lowest BCUT2D eigenvalue weighted by molar-refractivity contribution is 0.0537. The maximum absolute atomic E-state index is 12.1. The van der Waals surface area contributed by atoms with Gasteiger partial charge in [0.25, 0.3) is 11.8 Å². The number of carbonyl (C=O) groups excluding carboxylic acids is 2. The van der Waals surface area contributed by atoms with Gasteiger partial charge < -0.3 is 14.7 Å². The maximum atomic E-state index is 12.1. The van der Waals surface area contributed by atoms with Gasteiger partial charge in [0.15, 0.2) is 0 Å². The topological polar surface area (TPSA) is 70.1 Å². The summed E-state index contributed by atoms with van der Waals surface area (Å²) in [7, 11) is 1.89. The molecule has 6 nitrogen and oxygen atoms in total. The average Bonchev–Trinajstić information content (AvgIpc) is 2.72. The van der Waals surface area contributed by atoms with Crippen molar-refractivity contribution in [3.05, 3.63) is 35.4 Å². The second kappa shape index (κ2) is 7.31. The Morgan fingerprint density at radius 1 is 1.10 bits per heavy atom. The first-order chi connectivity index (χ1) is 10.1. The van der Waals surface area contributed by atoms with E-state index in [1.807, 2.05) is 11.9 Å². The van der Waals surface area contributed by atoms with Gasteiger partial charge in [-0.2, -0.15) is 0 Å². The zero-order chi connectivity index (χ0) is 15.2. The molecule has 0 aromatic heterocycles. The molecule has 0 bridgehead atoms. The normalized spacial score (nSPS) is 14.1. The summed E-state index contributed by atoms with van der Waals surface area (Å²) in [6.45, 7) is 2.49. The highest BCUT2D eigenvalue weighted by Crippen LogP contribution is 2.21. The Morgan fingerprint density at radius 2 is 1.71 bits per heavy atom. The average molecular weight is 292 g/mol. The first-order valence-electron chi connectivity index (χ1n) is 6.97. The van der Waals surface area contributed by atoms with E-state index in [4.69, 9.17) is 9.84 Å². The van der Waals surface area contributed by atoms with Crippen molar-refractivity contribution in [1.29, 1.82) is 0 Å². The van der Waals surface area contributed by atoms with E-state index in [2.05, 4.69) is 0 Å². The molecule has 0 spiro atoms. The van der Waals surface area contributed by atoms with E-state index < -0.39 is 0 Å². The van der Waals surface area contributed by atoms with E-state index >= 15 is 0 Å². The number of imide groups is 1. The van der Waals surface area contributed by atoms with Crippen LogP contribution in [0.25, 0.3) is 0 Å². The number of fused-ring (bicyclic) bond motifs is 1. The Kier molecular flexibility index (Phi) is 5.44. The standard InChI is InChI=1S/C15H20N2O4/c1-16(6-9-18)7-10-21-11-8-17-14(19)12-4-2-3-5-13(12)15(17)20/h2-5,18H,6-11H2,1H3. The number of benzene rings is 1. The number of aliphatic hydroxyl groups excluding tert-OH is 1. The van der Waals surface area contributed by atoms with Crippen molar-refractivity contribution >= 4 is 11.8 Å². The Morgan fingerprint density at radius 3 is 2.29 bits per heavy atom. The quantitative estimate of drug-likeness (QED) is 0.548. The fraction of sp³-hybridized carbons (Fsp3) is 0.467. The minimum atomic E-state index is -0.253. The number of ether oxygens (including phenoxy) is 1. The van der Waals surface area contributed by atoms with Crippen LogP contribution in [0.5, 0.6) is 0 Å². The lowest BCUT2D eigenvalue weighted by atomic mass is 10.1. The number of hydrogen-bond acceptors (Lipinski definition) is 5. The molecule has 6 heteroatoms. The van der Waals surface area contributed by atoms with Crippen molar-refractivity contribution in [2.45, 2.75) is 0 Å². The van der Waals surface area contributed by atoms with Gasteiger partial charge in [-0.15, -0.1) is 0 Å². The SMILES string of the molecule is CN(CCO)CCOCCN1C(=O)c2ccccc2C1=O.